The lowest BCUT2D eigenvalue weighted by molar-refractivity contribution is -0.0530. The molecule has 1 heterocycles. The van der Waals surface area contributed by atoms with Crippen LogP contribution in [0.25, 0.3) is 0 Å². The fourth-order valence-electron chi connectivity index (χ4n) is 2.13. The van der Waals surface area contributed by atoms with Gasteiger partial charge in [0.15, 0.2) is 0 Å². The number of alkyl halides is 2. The third-order valence-electron chi connectivity index (χ3n) is 3.09. The fourth-order valence-corrected chi connectivity index (χ4v) is 2.13. The molecule has 1 N–H and O–H groups in total. The van der Waals surface area contributed by atoms with Crippen LogP contribution in [-0.2, 0) is 4.74 Å². The molecule has 1 atom stereocenters. The third-order valence-corrected chi connectivity index (χ3v) is 3.09. The lowest BCUT2D eigenvalue weighted by Gasteiger charge is -2.22. The second-order valence-corrected chi connectivity index (χ2v) is 5.51. The first kappa shape index (κ1) is 14.2. The van der Waals surface area contributed by atoms with Crippen molar-refractivity contribution in [1.82, 2.24) is 5.32 Å². The number of nitrogens with one attached hydrogen (secondary N) is 1. The summed E-state index contributed by atoms with van der Waals surface area (Å²) in [6.45, 7) is 3.38. The quantitative estimate of drug-likeness (QED) is 0.916. The van der Waals surface area contributed by atoms with E-state index in [9.17, 15) is 8.78 Å². The number of para-hydroxylation sites is 1. The summed E-state index contributed by atoms with van der Waals surface area (Å²) >= 11 is 0. The summed E-state index contributed by atoms with van der Waals surface area (Å²) in [7, 11) is 0. The molecule has 0 bridgehead atoms. The smallest absolute Gasteiger partial charge is 0.387 e. The first-order chi connectivity index (χ1) is 8.98. The van der Waals surface area contributed by atoms with Gasteiger partial charge in [-0.05, 0) is 6.07 Å². The zero-order valence-electron chi connectivity index (χ0n) is 11.2. The van der Waals surface area contributed by atoms with Crippen LogP contribution in [-0.4, -0.2) is 26.3 Å². The zero-order valence-corrected chi connectivity index (χ0v) is 11.2. The van der Waals surface area contributed by atoms with Crippen LogP contribution >= 0.6 is 0 Å². The number of rotatable bonds is 3. The molecule has 3 nitrogen and oxygen atoms in total. The van der Waals surface area contributed by atoms with Crippen molar-refractivity contribution in [3.63, 3.8) is 0 Å². The molecule has 0 radical (unpaired) electrons. The number of hydrogen-bond acceptors (Lipinski definition) is 3. The molecule has 1 saturated heterocycles. The molecule has 0 amide bonds. The van der Waals surface area contributed by atoms with E-state index in [0.717, 1.165) is 6.54 Å². The average molecular weight is 271 g/mol. The summed E-state index contributed by atoms with van der Waals surface area (Å²) in [6.07, 6.45) is -0.267. The second-order valence-electron chi connectivity index (χ2n) is 5.51. The highest BCUT2D eigenvalue weighted by molar-refractivity contribution is 5.35. The maximum absolute atomic E-state index is 12.4. The molecule has 19 heavy (non-hydrogen) atoms. The highest BCUT2D eigenvalue weighted by Gasteiger charge is 2.27. The van der Waals surface area contributed by atoms with E-state index in [-0.39, 0.29) is 17.3 Å². The van der Waals surface area contributed by atoms with E-state index in [1.807, 2.05) is 0 Å². The van der Waals surface area contributed by atoms with Crippen molar-refractivity contribution in [2.75, 3.05) is 19.7 Å². The molecular weight excluding hydrogens is 252 g/mol. The molecule has 5 heteroatoms. The largest absolute Gasteiger partial charge is 0.434 e. The summed E-state index contributed by atoms with van der Waals surface area (Å²) in [5.41, 5.74) is 0.695. The molecule has 106 valence electrons. The molecule has 1 aromatic carbocycles. The van der Waals surface area contributed by atoms with Gasteiger partial charge in [-0.3, -0.25) is 0 Å². The Labute approximate surface area is 111 Å². The normalized spacial score (nSPS) is 23.1. The Bertz CT molecular complexity index is 424. The van der Waals surface area contributed by atoms with Crippen molar-refractivity contribution in [1.29, 1.82) is 0 Å². The Hall–Kier alpha value is -1.20. The minimum absolute atomic E-state index is 0.0350. The average Bonchev–Trinajstić information content (AvgIpc) is 2.50. The molecule has 1 aliphatic heterocycles. The molecule has 1 aliphatic rings. The van der Waals surface area contributed by atoms with Gasteiger partial charge in [0.25, 0.3) is 0 Å². The van der Waals surface area contributed by atoms with Gasteiger partial charge in [0.05, 0.1) is 12.7 Å². The van der Waals surface area contributed by atoms with E-state index in [4.69, 9.17) is 4.74 Å². The Kier molecular flexibility index (Phi) is 4.37. The van der Waals surface area contributed by atoms with Crippen molar-refractivity contribution in [2.45, 2.75) is 26.6 Å². The van der Waals surface area contributed by atoms with Crippen LogP contribution < -0.4 is 10.1 Å². The molecule has 0 aromatic heterocycles. The van der Waals surface area contributed by atoms with Crippen molar-refractivity contribution < 1.29 is 18.3 Å². The van der Waals surface area contributed by atoms with Gasteiger partial charge >= 0.3 is 6.61 Å². The van der Waals surface area contributed by atoms with Crippen molar-refractivity contribution >= 4 is 0 Å². The highest BCUT2D eigenvalue weighted by Crippen LogP contribution is 2.31. The zero-order chi connectivity index (χ0) is 13.9. The number of benzene rings is 1. The summed E-state index contributed by atoms with van der Waals surface area (Å²) in [5.74, 6) is 0.184. The Morgan fingerprint density at radius 2 is 2.11 bits per heavy atom. The molecule has 0 aliphatic carbocycles. The van der Waals surface area contributed by atoms with Crippen LogP contribution in [0.15, 0.2) is 24.3 Å². The van der Waals surface area contributed by atoms with E-state index in [1.54, 1.807) is 24.3 Å². The van der Waals surface area contributed by atoms with Crippen LogP contribution in [0.3, 0.4) is 0 Å². The third kappa shape index (κ3) is 3.88. The van der Waals surface area contributed by atoms with E-state index >= 15 is 0 Å². The van der Waals surface area contributed by atoms with Crippen LogP contribution in [0.1, 0.15) is 25.5 Å². The Morgan fingerprint density at radius 3 is 2.84 bits per heavy atom. The van der Waals surface area contributed by atoms with E-state index in [2.05, 4.69) is 23.9 Å². The maximum Gasteiger partial charge on any atom is 0.387 e. The summed E-state index contributed by atoms with van der Waals surface area (Å²) in [5, 5.41) is 3.30. The van der Waals surface area contributed by atoms with Gasteiger partial charge in [0.1, 0.15) is 5.75 Å². The van der Waals surface area contributed by atoms with Gasteiger partial charge in [0, 0.05) is 24.1 Å². The predicted octanol–water partition coefficient (Wildman–Crippen LogP) is 2.98. The standard InChI is InChI=1S/C14H19F2NO2/c1-14(2)8-17-7-12(18-9-14)10-5-3-4-6-11(10)19-13(15)16/h3-6,12-13,17H,7-9H2,1-2H3. The predicted molar refractivity (Wildman–Crippen MR) is 68.4 cm³/mol. The van der Waals surface area contributed by atoms with E-state index < -0.39 is 6.61 Å². The van der Waals surface area contributed by atoms with Gasteiger partial charge in [0.2, 0.25) is 0 Å². The molecule has 0 saturated carbocycles. The Balaban J connectivity index is 2.17. The summed E-state index contributed by atoms with van der Waals surface area (Å²) in [4.78, 5) is 0. The monoisotopic (exact) mass is 271 g/mol. The first-order valence-corrected chi connectivity index (χ1v) is 6.34. The minimum Gasteiger partial charge on any atom is -0.434 e. The van der Waals surface area contributed by atoms with Crippen molar-refractivity contribution in [2.24, 2.45) is 5.41 Å². The van der Waals surface area contributed by atoms with Gasteiger partial charge in [-0.25, -0.2) is 0 Å². The number of hydrogen-bond donors (Lipinski definition) is 1. The van der Waals surface area contributed by atoms with Gasteiger partial charge < -0.3 is 14.8 Å². The van der Waals surface area contributed by atoms with Crippen LogP contribution in [0.4, 0.5) is 8.78 Å². The first-order valence-electron chi connectivity index (χ1n) is 6.34. The summed E-state index contributed by atoms with van der Waals surface area (Å²) < 4.78 is 35.2. The highest BCUT2D eigenvalue weighted by atomic mass is 19.3. The molecule has 1 unspecified atom stereocenters. The van der Waals surface area contributed by atoms with Crippen LogP contribution in [0.2, 0.25) is 0 Å². The van der Waals surface area contributed by atoms with E-state index in [0.29, 0.717) is 18.7 Å². The van der Waals surface area contributed by atoms with Crippen LogP contribution in [0.5, 0.6) is 5.75 Å². The van der Waals surface area contributed by atoms with Crippen LogP contribution in [0, 0.1) is 5.41 Å². The lowest BCUT2D eigenvalue weighted by Crippen LogP contribution is -2.29. The lowest BCUT2D eigenvalue weighted by atomic mass is 9.95. The maximum atomic E-state index is 12.4. The van der Waals surface area contributed by atoms with Crippen molar-refractivity contribution in [3.8, 4) is 5.75 Å². The Morgan fingerprint density at radius 1 is 1.37 bits per heavy atom. The minimum atomic E-state index is -2.82. The SMILES string of the molecule is CC1(C)CNCC(c2ccccc2OC(F)F)OC1. The number of halogens is 2. The van der Waals surface area contributed by atoms with Crippen molar-refractivity contribution in [3.05, 3.63) is 29.8 Å². The van der Waals surface area contributed by atoms with Gasteiger partial charge in [-0.15, -0.1) is 0 Å². The molecule has 2 rings (SSSR count). The number of ether oxygens (including phenoxy) is 2. The molecule has 1 aromatic rings. The van der Waals surface area contributed by atoms with E-state index in [1.165, 1.54) is 0 Å². The van der Waals surface area contributed by atoms with Gasteiger partial charge in [-0.2, -0.15) is 8.78 Å². The molecular formula is C14H19F2NO2. The molecule has 0 spiro atoms. The van der Waals surface area contributed by atoms with Gasteiger partial charge in [-0.1, -0.05) is 32.0 Å². The summed E-state index contributed by atoms with van der Waals surface area (Å²) in [6, 6.07) is 6.78. The fraction of sp³-hybridized carbons (Fsp3) is 0.571. The second kappa shape index (κ2) is 5.84. The molecule has 1 fully saturated rings. The topological polar surface area (TPSA) is 30.5 Å².